The highest BCUT2D eigenvalue weighted by Gasteiger charge is 2.31. The van der Waals surface area contributed by atoms with E-state index in [1.165, 1.54) is 0 Å². The molecule has 0 atom stereocenters. The Bertz CT molecular complexity index is 467. The molecule has 0 radical (unpaired) electrons. The Morgan fingerprint density at radius 1 is 1.29 bits per heavy atom. The fourth-order valence-corrected chi connectivity index (χ4v) is 2.82. The molecule has 0 unspecified atom stereocenters. The SMILES string of the molecule is Cc1ccccc1OCCNC(=O)CC1(O)CCCCC1. The van der Waals surface area contributed by atoms with Crippen LogP contribution in [0.1, 0.15) is 44.1 Å². The molecule has 4 heteroatoms. The standard InChI is InChI=1S/C17H25NO3/c1-14-7-3-4-8-15(14)21-12-11-18-16(19)13-17(20)9-5-2-6-10-17/h3-4,7-8,20H,2,5-6,9-13H2,1H3,(H,18,19). The second kappa shape index (κ2) is 7.46. The van der Waals surface area contributed by atoms with Gasteiger partial charge in [-0.05, 0) is 31.4 Å². The third-order valence-corrected chi connectivity index (χ3v) is 4.05. The van der Waals surface area contributed by atoms with E-state index in [9.17, 15) is 9.90 Å². The number of rotatable bonds is 6. The molecule has 0 spiro atoms. The monoisotopic (exact) mass is 291 g/mol. The molecular formula is C17H25NO3. The van der Waals surface area contributed by atoms with E-state index in [0.717, 1.165) is 43.4 Å². The quantitative estimate of drug-likeness (QED) is 0.792. The summed E-state index contributed by atoms with van der Waals surface area (Å²) < 4.78 is 5.63. The van der Waals surface area contributed by atoms with Crippen LogP contribution in [0.25, 0.3) is 0 Å². The molecule has 1 aliphatic rings. The summed E-state index contributed by atoms with van der Waals surface area (Å²) in [5.41, 5.74) is 0.291. The van der Waals surface area contributed by atoms with Gasteiger partial charge in [0.25, 0.3) is 0 Å². The van der Waals surface area contributed by atoms with E-state index in [1.807, 2.05) is 31.2 Å². The lowest BCUT2D eigenvalue weighted by Crippen LogP contribution is -2.39. The van der Waals surface area contributed by atoms with Crippen LogP contribution in [0.2, 0.25) is 0 Å². The molecule has 1 fully saturated rings. The first-order valence-electron chi connectivity index (χ1n) is 7.77. The molecule has 21 heavy (non-hydrogen) atoms. The number of hydrogen-bond acceptors (Lipinski definition) is 3. The number of benzene rings is 1. The first-order chi connectivity index (χ1) is 10.1. The van der Waals surface area contributed by atoms with Crippen molar-refractivity contribution < 1.29 is 14.6 Å². The number of ether oxygens (including phenoxy) is 1. The molecule has 0 aromatic heterocycles. The van der Waals surface area contributed by atoms with Crippen molar-refractivity contribution in [3.63, 3.8) is 0 Å². The van der Waals surface area contributed by atoms with Gasteiger partial charge in [0.15, 0.2) is 0 Å². The van der Waals surface area contributed by atoms with Crippen LogP contribution in [0.15, 0.2) is 24.3 Å². The normalized spacial score (nSPS) is 17.2. The average Bonchev–Trinajstić information content (AvgIpc) is 2.45. The molecule has 1 aliphatic carbocycles. The molecule has 0 heterocycles. The van der Waals surface area contributed by atoms with Crippen LogP contribution in [0, 0.1) is 6.92 Å². The van der Waals surface area contributed by atoms with Gasteiger partial charge >= 0.3 is 0 Å². The van der Waals surface area contributed by atoms with Crippen molar-refractivity contribution >= 4 is 5.91 Å². The Balaban J connectivity index is 1.66. The topological polar surface area (TPSA) is 58.6 Å². The first-order valence-corrected chi connectivity index (χ1v) is 7.77. The molecule has 2 N–H and O–H groups in total. The van der Waals surface area contributed by atoms with Crippen LogP contribution in [0.5, 0.6) is 5.75 Å². The van der Waals surface area contributed by atoms with Gasteiger partial charge in [-0.1, -0.05) is 37.5 Å². The van der Waals surface area contributed by atoms with Crippen molar-refractivity contribution in [2.24, 2.45) is 0 Å². The fourth-order valence-electron chi connectivity index (χ4n) is 2.82. The zero-order chi connectivity index (χ0) is 15.1. The zero-order valence-electron chi connectivity index (χ0n) is 12.7. The fraction of sp³-hybridized carbons (Fsp3) is 0.588. The number of aliphatic hydroxyl groups is 1. The molecule has 4 nitrogen and oxygen atoms in total. The van der Waals surface area contributed by atoms with E-state index in [0.29, 0.717) is 13.2 Å². The lowest BCUT2D eigenvalue weighted by molar-refractivity contribution is -0.127. The van der Waals surface area contributed by atoms with Crippen molar-refractivity contribution in [2.45, 2.75) is 51.0 Å². The summed E-state index contributed by atoms with van der Waals surface area (Å²) in [5, 5.41) is 13.1. The molecule has 1 saturated carbocycles. The van der Waals surface area contributed by atoms with Gasteiger partial charge < -0.3 is 15.2 Å². The number of hydrogen-bond donors (Lipinski definition) is 2. The Kier molecular flexibility index (Phi) is 5.62. The molecule has 1 aromatic carbocycles. The van der Waals surface area contributed by atoms with E-state index < -0.39 is 5.60 Å². The van der Waals surface area contributed by atoms with Crippen LogP contribution in [-0.4, -0.2) is 29.8 Å². The second-order valence-corrected chi connectivity index (χ2v) is 5.93. The molecule has 116 valence electrons. The second-order valence-electron chi connectivity index (χ2n) is 5.93. The smallest absolute Gasteiger partial charge is 0.223 e. The van der Waals surface area contributed by atoms with Crippen molar-refractivity contribution in [1.82, 2.24) is 5.32 Å². The Hall–Kier alpha value is -1.55. The highest BCUT2D eigenvalue weighted by Crippen LogP contribution is 2.30. The Morgan fingerprint density at radius 2 is 2.00 bits per heavy atom. The molecule has 2 rings (SSSR count). The molecule has 0 bridgehead atoms. The highest BCUT2D eigenvalue weighted by atomic mass is 16.5. The molecular weight excluding hydrogens is 266 g/mol. The van der Waals surface area contributed by atoms with E-state index in [4.69, 9.17) is 4.74 Å². The average molecular weight is 291 g/mol. The van der Waals surface area contributed by atoms with Gasteiger partial charge in [-0.15, -0.1) is 0 Å². The number of aryl methyl sites for hydroxylation is 1. The summed E-state index contributed by atoms with van der Waals surface area (Å²) in [6.45, 7) is 2.89. The lowest BCUT2D eigenvalue weighted by Gasteiger charge is -2.31. The Labute approximate surface area is 126 Å². The predicted molar refractivity (Wildman–Crippen MR) is 82.3 cm³/mol. The summed E-state index contributed by atoms with van der Waals surface area (Å²) >= 11 is 0. The van der Waals surface area contributed by atoms with Gasteiger partial charge in [0.05, 0.1) is 18.6 Å². The van der Waals surface area contributed by atoms with Gasteiger partial charge in [-0.3, -0.25) is 4.79 Å². The minimum atomic E-state index is -0.792. The van der Waals surface area contributed by atoms with Gasteiger partial charge in [-0.25, -0.2) is 0 Å². The van der Waals surface area contributed by atoms with E-state index in [1.54, 1.807) is 0 Å². The van der Waals surface area contributed by atoms with Crippen molar-refractivity contribution in [2.75, 3.05) is 13.2 Å². The van der Waals surface area contributed by atoms with Crippen molar-refractivity contribution in [1.29, 1.82) is 0 Å². The summed E-state index contributed by atoms with van der Waals surface area (Å²) in [4.78, 5) is 11.9. The van der Waals surface area contributed by atoms with E-state index in [2.05, 4.69) is 5.32 Å². The van der Waals surface area contributed by atoms with Crippen LogP contribution in [-0.2, 0) is 4.79 Å². The summed E-state index contributed by atoms with van der Waals surface area (Å²) in [5.74, 6) is 0.755. The van der Waals surface area contributed by atoms with Crippen LogP contribution in [0.3, 0.4) is 0 Å². The maximum Gasteiger partial charge on any atom is 0.223 e. The van der Waals surface area contributed by atoms with Crippen molar-refractivity contribution in [3.8, 4) is 5.75 Å². The van der Waals surface area contributed by atoms with Crippen molar-refractivity contribution in [3.05, 3.63) is 29.8 Å². The number of amides is 1. The van der Waals surface area contributed by atoms with Gasteiger partial charge in [0.1, 0.15) is 12.4 Å². The maximum atomic E-state index is 11.9. The molecule has 1 aromatic rings. The molecule has 1 amide bonds. The molecule has 0 aliphatic heterocycles. The minimum absolute atomic E-state index is 0.0900. The highest BCUT2D eigenvalue weighted by molar-refractivity contribution is 5.77. The largest absolute Gasteiger partial charge is 0.491 e. The third-order valence-electron chi connectivity index (χ3n) is 4.05. The van der Waals surface area contributed by atoms with Gasteiger partial charge in [0, 0.05) is 0 Å². The van der Waals surface area contributed by atoms with Gasteiger partial charge in [-0.2, -0.15) is 0 Å². The van der Waals surface area contributed by atoms with E-state index >= 15 is 0 Å². The van der Waals surface area contributed by atoms with Crippen LogP contribution in [0.4, 0.5) is 0 Å². The van der Waals surface area contributed by atoms with Crippen LogP contribution >= 0.6 is 0 Å². The van der Waals surface area contributed by atoms with Gasteiger partial charge in [0.2, 0.25) is 5.91 Å². The third kappa shape index (κ3) is 5.05. The summed E-state index contributed by atoms with van der Waals surface area (Å²) in [6, 6.07) is 7.81. The zero-order valence-corrected chi connectivity index (χ0v) is 12.7. The number of carbonyl (C=O) groups is 1. The number of nitrogens with one attached hydrogen (secondary N) is 1. The Morgan fingerprint density at radius 3 is 2.71 bits per heavy atom. The number of carbonyl (C=O) groups excluding carboxylic acids is 1. The first kappa shape index (κ1) is 15.8. The number of para-hydroxylation sites is 1. The maximum absolute atomic E-state index is 11.9. The molecule has 0 saturated heterocycles. The van der Waals surface area contributed by atoms with Crippen LogP contribution < -0.4 is 10.1 Å². The summed E-state index contributed by atoms with van der Waals surface area (Å²) in [7, 11) is 0. The lowest BCUT2D eigenvalue weighted by atomic mass is 9.82. The summed E-state index contributed by atoms with van der Waals surface area (Å²) in [6.07, 6.45) is 4.87. The predicted octanol–water partition coefficient (Wildman–Crippen LogP) is 2.58. The minimum Gasteiger partial charge on any atom is -0.491 e. The van der Waals surface area contributed by atoms with E-state index in [-0.39, 0.29) is 12.3 Å².